The van der Waals surface area contributed by atoms with Gasteiger partial charge in [-0.05, 0) is 49.3 Å². The fourth-order valence-electron chi connectivity index (χ4n) is 4.91. The van der Waals surface area contributed by atoms with Gasteiger partial charge in [0.1, 0.15) is 0 Å². The van der Waals surface area contributed by atoms with Crippen LogP contribution in [0.3, 0.4) is 0 Å². The molecule has 0 radical (unpaired) electrons. The second-order valence-corrected chi connectivity index (χ2v) is 8.26. The SMILES string of the molecule is CCN1Cc2ccccc2C[C@@H]1C(=O)N1CCC(CN2CCCC2=O)CC1. The molecule has 2 saturated heterocycles. The molecule has 4 rings (SSSR count). The van der Waals surface area contributed by atoms with Gasteiger partial charge in [0.2, 0.25) is 11.8 Å². The zero-order chi connectivity index (χ0) is 18.8. The highest BCUT2D eigenvalue weighted by molar-refractivity contribution is 5.82. The molecule has 1 atom stereocenters. The van der Waals surface area contributed by atoms with Crippen molar-refractivity contribution in [1.82, 2.24) is 14.7 Å². The monoisotopic (exact) mass is 369 g/mol. The lowest BCUT2D eigenvalue weighted by Gasteiger charge is -2.40. The molecule has 2 fully saturated rings. The van der Waals surface area contributed by atoms with Crippen LogP contribution in [0.25, 0.3) is 0 Å². The number of carbonyl (C=O) groups is 2. The molecular formula is C22H31N3O2. The van der Waals surface area contributed by atoms with Gasteiger partial charge in [0.15, 0.2) is 0 Å². The molecule has 27 heavy (non-hydrogen) atoms. The summed E-state index contributed by atoms with van der Waals surface area (Å²) in [5.41, 5.74) is 2.68. The number of piperidine rings is 1. The summed E-state index contributed by atoms with van der Waals surface area (Å²) in [5.74, 6) is 1.15. The van der Waals surface area contributed by atoms with Crippen molar-refractivity contribution in [3.63, 3.8) is 0 Å². The van der Waals surface area contributed by atoms with Crippen molar-refractivity contribution < 1.29 is 9.59 Å². The molecule has 146 valence electrons. The van der Waals surface area contributed by atoms with Crippen LogP contribution in [0.2, 0.25) is 0 Å². The van der Waals surface area contributed by atoms with Crippen molar-refractivity contribution in [2.45, 2.75) is 51.6 Å². The topological polar surface area (TPSA) is 43.9 Å². The highest BCUT2D eigenvalue weighted by atomic mass is 16.2. The van der Waals surface area contributed by atoms with Gasteiger partial charge in [0, 0.05) is 39.1 Å². The zero-order valence-corrected chi connectivity index (χ0v) is 16.4. The maximum atomic E-state index is 13.3. The first kappa shape index (κ1) is 18.5. The van der Waals surface area contributed by atoms with Gasteiger partial charge in [-0.15, -0.1) is 0 Å². The lowest BCUT2D eigenvalue weighted by molar-refractivity contribution is -0.139. The highest BCUT2D eigenvalue weighted by Crippen LogP contribution is 2.27. The van der Waals surface area contributed by atoms with Crippen LogP contribution in [-0.2, 0) is 22.6 Å². The first-order valence-electron chi connectivity index (χ1n) is 10.5. The van der Waals surface area contributed by atoms with E-state index in [0.29, 0.717) is 24.2 Å². The Balaban J connectivity index is 1.35. The van der Waals surface area contributed by atoms with Crippen molar-refractivity contribution in [3.8, 4) is 0 Å². The second-order valence-electron chi connectivity index (χ2n) is 8.26. The predicted molar refractivity (Wildman–Crippen MR) is 105 cm³/mol. The van der Waals surface area contributed by atoms with E-state index in [9.17, 15) is 9.59 Å². The first-order chi connectivity index (χ1) is 13.2. The Kier molecular flexibility index (Phi) is 5.48. The van der Waals surface area contributed by atoms with E-state index in [1.807, 2.05) is 4.90 Å². The third-order valence-corrected chi connectivity index (χ3v) is 6.61. The Morgan fingerprint density at radius 2 is 1.85 bits per heavy atom. The van der Waals surface area contributed by atoms with E-state index in [2.05, 4.69) is 41.0 Å². The zero-order valence-electron chi connectivity index (χ0n) is 16.4. The molecule has 0 spiro atoms. The number of nitrogens with zero attached hydrogens (tertiary/aromatic N) is 3. The summed E-state index contributed by atoms with van der Waals surface area (Å²) in [6.07, 6.45) is 4.58. The predicted octanol–water partition coefficient (Wildman–Crippen LogP) is 2.29. The smallest absolute Gasteiger partial charge is 0.240 e. The maximum absolute atomic E-state index is 13.3. The van der Waals surface area contributed by atoms with Crippen molar-refractivity contribution in [2.75, 3.05) is 32.7 Å². The van der Waals surface area contributed by atoms with Gasteiger partial charge < -0.3 is 9.80 Å². The molecule has 5 heteroatoms. The van der Waals surface area contributed by atoms with Crippen molar-refractivity contribution >= 4 is 11.8 Å². The van der Waals surface area contributed by atoms with E-state index in [1.54, 1.807) is 0 Å². The summed E-state index contributed by atoms with van der Waals surface area (Å²) in [6, 6.07) is 8.49. The summed E-state index contributed by atoms with van der Waals surface area (Å²) in [5, 5.41) is 0. The maximum Gasteiger partial charge on any atom is 0.240 e. The average Bonchev–Trinajstić information content (AvgIpc) is 3.11. The fraction of sp³-hybridized carbons (Fsp3) is 0.636. The van der Waals surface area contributed by atoms with Crippen LogP contribution in [0.5, 0.6) is 0 Å². The number of hydrogen-bond acceptors (Lipinski definition) is 3. The quantitative estimate of drug-likeness (QED) is 0.818. The Morgan fingerprint density at radius 1 is 1.11 bits per heavy atom. The molecule has 3 aliphatic heterocycles. The Labute approximate surface area is 162 Å². The second kappa shape index (κ2) is 8.01. The molecule has 3 aliphatic rings. The third-order valence-electron chi connectivity index (χ3n) is 6.61. The minimum absolute atomic E-state index is 0.0263. The number of rotatable bonds is 4. The molecule has 1 aromatic rings. The van der Waals surface area contributed by atoms with Crippen molar-refractivity contribution in [3.05, 3.63) is 35.4 Å². The van der Waals surface area contributed by atoms with E-state index in [1.165, 1.54) is 11.1 Å². The van der Waals surface area contributed by atoms with Gasteiger partial charge in [-0.25, -0.2) is 0 Å². The largest absolute Gasteiger partial charge is 0.342 e. The first-order valence-corrected chi connectivity index (χ1v) is 10.5. The van der Waals surface area contributed by atoms with Gasteiger partial charge in [-0.1, -0.05) is 31.2 Å². The lowest BCUT2D eigenvalue weighted by Crippen LogP contribution is -2.53. The summed E-state index contributed by atoms with van der Waals surface area (Å²) in [6.45, 7) is 7.40. The van der Waals surface area contributed by atoms with Crippen LogP contribution in [0, 0.1) is 5.92 Å². The summed E-state index contributed by atoms with van der Waals surface area (Å²) in [4.78, 5) is 31.5. The summed E-state index contributed by atoms with van der Waals surface area (Å²) >= 11 is 0. The number of benzene rings is 1. The van der Waals surface area contributed by atoms with Gasteiger partial charge in [0.25, 0.3) is 0 Å². The van der Waals surface area contributed by atoms with Crippen LogP contribution in [0.4, 0.5) is 0 Å². The highest BCUT2D eigenvalue weighted by Gasteiger charge is 2.35. The van der Waals surface area contributed by atoms with E-state index < -0.39 is 0 Å². The van der Waals surface area contributed by atoms with Crippen LogP contribution in [0.15, 0.2) is 24.3 Å². The molecular weight excluding hydrogens is 338 g/mol. The molecule has 0 bridgehead atoms. The molecule has 1 aromatic carbocycles. The van der Waals surface area contributed by atoms with Crippen LogP contribution in [-0.4, -0.2) is 65.3 Å². The molecule has 0 unspecified atom stereocenters. The van der Waals surface area contributed by atoms with E-state index in [-0.39, 0.29) is 6.04 Å². The van der Waals surface area contributed by atoms with Crippen LogP contribution >= 0.6 is 0 Å². The molecule has 3 heterocycles. The Bertz CT molecular complexity index is 697. The number of likely N-dealkylation sites (N-methyl/N-ethyl adjacent to an activating group) is 1. The van der Waals surface area contributed by atoms with E-state index >= 15 is 0 Å². The van der Waals surface area contributed by atoms with Gasteiger partial charge >= 0.3 is 0 Å². The fourth-order valence-corrected chi connectivity index (χ4v) is 4.91. The summed E-state index contributed by atoms with van der Waals surface area (Å²) < 4.78 is 0. The minimum Gasteiger partial charge on any atom is -0.342 e. The minimum atomic E-state index is -0.0263. The van der Waals surface area contributed by atoms with Crippen LogP contribution < -0.4 is 0 Å². The number of amides is 2. The Hall–Kier alpha value is -1.88. The van der Waals surface area contributed by atoms with Crippen molar-refractivity contribution in [1.29, 1.82) is 0 Å². The third kappa shape index (κ3) is 3.88. The molecule has 0 N–H and O–H groups in total. The molecule has 2 amide bonds. The standard InChI is InChI=1S/C22H31N3O2/c1-2-23-16-19-7-4-3-6-18(19)14-20(23)22(27)24-12-9-17(10-13-24)15-25-11-5-8-21(25)26/h3-4,6-7,17,20H,2,5,8-16H2,1H3/t20-/m1/s1. The number of hydrogen-bond donors (Lipinski definition) is 0. The molecule has 5 nitrogen and oxygen atoms in total. The van der Waals surface area contributed by atoms with Gasteiger partial charge in [-0.2, -0.15) is 0 Å². The van der Waals surface area contributed by atoms with E-state index in [0.717, 1.165) is 65.0 Å². The number of carbonyl (C=O) groups excluding carboxylic acids is 2. The van der Waals surface area contributed by atoms with E-state index in [4.69, 9.17) is 0 Å². The van der Waals surface area contributed by atoms with Gasteiger partial charge in [-0.3, -0.25) is 14.5 Å². The molecule has 0 saturated carbocycles. The average molecular weight is 370 g/mol. The van der Waals surface area contributed by atoms with Gasteiger partial charge in [0.05, 0.1) is 6.04 Å². The normalized spacial score (nSPS) is 24.3. The number of likely N-dealkylation sites (tertiary alicyclic amines) is 2. The summed E-state index contributed by atoms with van der Waals surface area (Å²) in [7, 11) is 0. The molecule has 0 aromatic heterocycles. The lowest BCUT2D eigenvalue weighted by atomic mass is 9.91. The number of fused-ring (bicyclic) bond motifs is 1. The molecule has 0 aliphatic carbocycles. The van der Waals surface area contributed by atoms with Crippen molar-refractivity contribution in [2.24, 2.45) is 5.92 Å². The van der Waals surface area contributed by atoms with Crippen LogP contribution in [0.1, 0.15) is 43.7 Å². The Morgan fingerprint density at radius 3 is 2.52 bits per heavy atom.